The molecule has 0 aliphatic carbocycles. The monoisotopic (exact) mass is 550 g/mol. The third kappa shape index (κ3) is 8.37. The van der Waals surface area contributed by atoms with Gasteiger partial charge in [-0.2, -0.15) is 0 Å². The second-order valence-corrected chi connectivity index (χ2v) is 6.82. The summed E-state index contributed by atoms with van der Waals surface area (Å²) < 4.78 is 13.0. The summed E-state index contributed by atoms with van der Waals surface area (Å²) in [7, 11) is 1.66. The smallest absolute Gasteiger partial charge is 0.191 e. The van der Waals surface area contributed by atoms with Gasteiger partial charge in [0.25, 0.3) is 0 Å². The Morgan fingerprint density at radius 2 is 1.75 bits per heavy atom. The zero-order valence-electron chi connectivity index (χ0n) is 18.5. The maximum atomic E-state index is 5.76. The van der Waals surface area contributed by atoms with Gasteiger partial charge in [-0.1, -0.05) is 37.3 Å². The highest BCUT2D eigenvalue weighted by Gasteiger charge is 2.03. The summed E-state index contributed by atoms with van der Waals surface area (Å²) >= 11 is 0. The Bertz CT molecular complexity index is 931. The van der Waals surface area contributed by atoms with E-state index >= 15 is 0 Å². The van der Waals surface area contributed by atoms with E-state index in [0.29, 0.717) is 26.2 Å². The molecule has 0 unspecified atom stereocenters. The molecule has 0 bridgehead atoms. The molecular formula is C23H31IN6O2. The summed E-state index contributed by atoms with van der Waals surface area (Å²) in [6.07, 6.45) is 2.61. The van der Waals surface area contributed by atoms with Gasteiger partial charge in [0, 0.05) is 19.5 Å². The average Bonchev–Trinajstić information content (AvgIpc) is 3.28. The predicted molar refractivity (Wildman–Crippen MR) is 137 cm³/mol. The van der Waals surface area contributed by atoms with Crippen molar-refractivity contribution in [2.75, 3.05) is 26.8 Å². The first kappa shape index (κ1) is 25.4. The van der Waals surface area contributed by atoms with Crippen molar-refractivity contribution in [1.29, 1.82) is 0 Å². The number of hydrogen-bond donors (Lipinski definition) is 2. The Kier molecular flexibility index (Phi) is 11.4. The zero-order chi connectivity index (χ0) is 21.7. The van der Waals surface area contributed by atoms with Crippen LogP contribution in [0.15, 0.2) is 65.9 Å². The van der Waals surface area contributed by atoms with Crippen molar-refractivity contribution in [1.82, 2.24) is 25.4 Å². The molecule has 0 fully saturated rings. The quantitative estimate of drug-likeness (QED) is 0.165. The summed E-state index contributed by atoms with van der Waals surface area (Å²) in [6, 6.07) is 17.7. The minimum Gasteiger partial charge on any atom is -0.497 e. The van der Waals surface area contributed by atoms with Crippen LogP contribution in [0.25, 0.3) is 0 Å². The second kappa shape index (κ2) is 14.3. The molecule has 0 saturated carbocycles. The van der Waals surface area contributed by atoms with Gasteiger partial charge in [-0.05, 0) is 29.8 Å². The van der Waals surface area contributed by atoms with Crippen molar-refractivity contribution in [3.05, 3.63) is 72.3 Å². The third-order valence-electron chi connectivity index (χ3n) is 4.64. The number of nitrogens with one attached hydrogen (secondary N) is 2. The molecule has 0 atom stereocenters. The van der Waals surface area contributed by atoms with Crippen molar-refractivity contribution in [2.24, 2.45) is 4.99 Å². The number of para-hydroxylation sites is 1. The van der Waals surface area contributed by atoms with E-state index in [4.69, 9.17) is 14.5 Å². The lowest BCUT2D eigenvalue weighted by atomic mass is 10.2. The molecule has 172 valence electrons. The highest BCUT2D eigenvalue weighted by atomic mass is 127. The van der Waals surface area contributed by atoms with E-state index in [0.717, 1.165) is 41.8 Å². The minimum absolute atomic E-state index is 0. The molecule has 0 amide bonds. The summed E-state index contributed by atoms with van der Waals surface area (Å²) in [6.45, 7) is 5.28. The topological polar surface area (TPSA) is 85.6 Å². The van der Waals surface area contributed by atoms with Crippen molar-refractivity contribution in [3.63, 3.8) is 0 Å². The van der Waals surface area contributed by atoms with Crippen LogP contribution in [0.4, 0.5) is 0 Å². The molecule has 3 aromatic rings. The molecule has 0 aliphatic heterocycles. The predicted octanol–water partition coefficient (Wildman–Crippen LogP) is 3.28. The van der Waals surface area contributed by atoms with Gasteiger partial charge in [0.15, 0.2) is 5.96 Å². The van der Waals surface area contributed by atoms with Crippen molar-refractivity contribution >= 4 is 29.9 Å². The lowest BCUT2D eigenvalue weighted by Gasteiger charge is -2.14. The molecule has 9 heteroatoms. The molecule has 1 aromatic heterocycles. The zero-order valence-corrected chi connectivity index (χ0v) is 20.9. The van der Waals surface area contributed by atoms with E-state index in [2.05, 4.69) is 27.8 Å². The SMILES string of the molecule is CCc1nncn1CCNC(=NCc1ccc(OC)cc1)NCCOc1ccccc1.I. The number of methoxy groups -OCH3 is 1. The molecule has 3 rings (SSSR count). The van der Waals surface area contributed by atoms with Gasteiger partial charge in [-0.15, -0.1) is 34.2 Å². The molecule has 8 nitrogen and oxygen atoms in total. The summed E-state index contributed by atoms with van der Waals surface area (Å²) in [5.41, 5.74) is 1.11. The van der Waals surface area contributed by atoms with Gasteiger partial charge < -0.3 is 24.7 Å². The largest absolute Gasteiger partial charge is 0.497 e. The Morgan fingerprint density at radius 3 is 2.47 bits per heavy atom. The molecule has 0 radical (unpaired) electrons. The molecule has 0 aliphatic rings. The van der Waals surface area contributed by atoms with E-state index < -0.39 is 0 Å². The highest BCUT2D eigenvalue weighted by Crippen LogP contribution is 2.12. The molecule has 0 spiro atoms. The van der Waals surface area contributed by atoms with Gasteiger partial charge in [0.1, 0.15) is 30.3 Å². The summed E-state index contributed by atoms with van der Waals surface area (Å²) in [4.78, 5) is 4.71. The minimum atomic E-state index is 0. The summed E-state index contributed by atoms with van der Waals surface area (Å²) in [5, 5.41) is 14.8. The molecule has 1 heterocycles. The van der Waals surface area contributed by atoms with Gasteiger partial charge in [-0.25, -0.2) is 4.99 Å². The van der Waals surface area contributed by atoms with Crippen LogP contribution in [0.1, 0.15) is 18.3 Å². The molecule has 2 N–H and O–H groups in total. The molecule has 0 saturated heterocycles. The first-order valence-electron chi connectivity index (χ1n) is 10.5. The fraction of sp³-hybridized carbons (Fsp3) is 0.348. The number of aliphatic imine (C=N–C) groups is 1. The number of rotatable bonds is 11. The van der Waals surface area contributed by atoms with Crippen molar-refractivity contribution in [3.8, 4) is 11.5 Å². The molecule has 2 aromatic carbocycles. The Hall–Kier alpha value is -2.82. The number of guanidine groups is 1. The second-order valence-electron chi connectivity index (χ2n) is 6.82. The van der Waals surface area contributed by atoms with Gasteiger partial charge in [-0.3, -0.25) is 0 Å². The van der Waals surface area contributed by atoms with Crippen LogP contribution >= 0.6 is 24.0 Å². The van der Waals surface area contributed by atoms with Crippen LogP contribution < -0.4 is 20.1 Å². The van der Waals surface area contributed by atoms with E-state index in [-0.39, 0.29) is 24.0 Å². The Labute approximate surface area is 206 Å². The Balaban J connectivity index is 0.00000363. The Morgan fingerprint density at radius 1 is 1.00 bits per heavy atom. The van der Waals surface area contributed by atoms with Crippen LogP contribution in [0.2, 0.25) is 0 Å². The number of aryl methyl sites for hydroxylation is 1. The number of benzene rings is 2. The normalized spacial score (nSPS) is 10.9. The average molecular weight is 550 g/mol. The van der Waals surface area contributed by atoms with Crippen LogP contribution in [0.5, 0.6) is 11.5 Å². The number of halogens is 1. The van der Waals surface area contributed by atoms with E-state index in [1.54, 1.807) is 13.4 Å². The lowest BCUT2D eigenvalue weighted by Crippen LogP contribution is -2.40. The van der Waals surface area contributed by atoms with E-state index in [1.165, 1.54) is 0 Å². The fourth-order valence-electron chi connectivity index (χ4n) is 2.96. The van der Waals surface area contributed by atoms with Crippen LogP contribution in [0.3, 0.4) is 0 Å². The fourth-order valence-corrected chi connectivity index (χ4v) is 2.96. The van der Waals surface area contributed by atoms with E-state index in [1.807, 2.05) is 59.2 Å². The number of hydrogen-bond acceptors (Lipinski definition) is 5. The lowest BCUT2D eigenvalue weighted by molar-refractivity contribution is 0.322. The first-order chi connectivity index (χ1) is 15.3. The maximum absolute atomic E-state index is 5.76. The van der Waals surface area contributed by atoms with E-state index in [9.17, 15) is 0 Å². The van der Waals surface area contributed by atoms with Crippen LogP contribution in [-0.2, 0) is 19.5 Å². The standard InChI is InChI=1S/C23H30N6O2.HI/c1-3-22-28-27-18-29(22)15-13-24-23(25-14-16-31-21-7-5-4-6-8-21)26-17-19-9-11-20(30-2)12-10-19;/h4-12,18H,3,13-17H2,1-2H3,(H2,24,25,26);1H. The maximum Gasteiger partial charge on any atom is 0.191 e. The van der Waals surface area contributed by atoms with Crippen LogP contribution in [-0.4, -0.2) is 47.5 Å². The van der Waals surface area contributed by atoms with Crippen molar-refractivity contribution in [2.45, 2.75) is 26.4 Å². The number of ether oxygens (including phenoxy) is 2. The third-order valence-corrected chi connectivity index (χ3v) is 4.64. The highest BCUT2D eigenvalue weighted by molar-refractivity contribution is 14.0. The summed E-state index contributed by atoms with van der Waals surface area (Å²) in [5.74, 6) is 3.40. The van der Waals surface area contributed by atoms with Gasteiger partial charge >= 0.3 is 0 Å². The van der Waals surface area contributed by atoms with Gasteiger partial charge in [0.05, 0.1) is 20.2 Å². The number of nitrogens with zero attached hydrogens (tertiary/aromatic N) is 4. The van der Waals surface area contributed by atoms with Crippen molar-refractivity contribution < 1.29 is 9.47 Å². The molecular weight excluding hydrogens is 519 g/mol. The first-order valence-corrected chi connectivity index (χ1v) is 10.5. The number of aromatic nitrogens is 3. The van der Waals surface area contributed by atoms with Crippen LogP contribution in [0, 0.1) is 0 Å². The molecule has 32 heavy (non-hydrogen) atoms. The van der Waals surface area contributed by atoms with Gasteiger partial charge in [0.2, 0.25) is 0 Å².